The van der Waals surface area contributed by atoms with Crippen molar-refractivity contribution in [3.63, 3.8) is 0 Å². The van der Waals surface area contributed by atoms with Gasteiger partial charge in [0.25, 0.3) is 5.91 Å². The van der Waals surface area contributed by atoms with Crippen molar-refractivity contribution in [1.82, 2.24) is 4.31 Å². The van der Waals surface area contributed by atoms with Gasteiger partial charge in [-0.05, 0) is 47.9 Å². The number of piperidine rings is 1. The van der Waals surface area contributed by atoms with E-state index >= 15 is 0 Å². The molecule has 8 heteroatoms. The van der Waals surface area contributed by atoms with Crippen molar-refractivity contribution in [3.05, 3.63) is 46.8 Å². The Morgan fingerprint density at radius 3 is 2.63 bits per heavy atom. The zero-order valence-corrected chi connectivity index (χ0v) is 16.8. The summed E-state index contributed by atoms with van der Waals surface area (Å²) >= 11 is 1.25. The average Bonchev–Trinajstić information content (AvgIpc) is 3.08. The Balaban J connectivity index is 1.84. The van der Waals surface area contributed by atoms with Gasteiger partial charge in [0, 0.05) is 18.7 Å². The smallest absolute Gasteiger partial charge is 0.256 e. The molecule has 27 heavy (non-hydrogen) atoms. The third-order valence-corrected chi connectivity index (χ3v) is 7.24. The van der Waals surface area contributed by atoms with E-state index in [2.05, 4.69) is 19.2 Å². The van der Waals surface area contributed by atoms with E-state index in [0.717, 1.165) is 6.42 Å². The van der Waals surface area contributed by atoms with Gasteiger partial charge in [0.15, 0.2) is 0 Å². The lowest BCUT2D eigenvalue weighted by Crippen LogP contribution is -2.42. The van der Waals surface area contributed by atoms with Gasteiger partial charge in [-0.3, -0.25) is 4.79 Å². The maximum Gasteiger partial charge on any atom is 0.256 e. The first kappa shape index (κ1) is 19.5. The monoisotopic (exact) mass is 403 g/mol. The van der Waals surface area contributed by atoms with Crippen LogP contribution in [0.2, 0.25) is 0 Å². The molecule has 1 aromatic heterocycles. The molecular weight excluding hydrogens is 382 g/mol. The number of rotatable bonds is 4. The van der Waals surface area contributed by atoms with E-state index in [-0.39, 0.29) is 10.5 Å². The topological polar surface area (TPSA) is 90.3 Å². The van der Waals surface area contributed by atoms with E-state index in [1.807, 2.05) is 6.07 Å². The molecule has 1 fully saturated rings. The van der Waals surface area contributed by atoms with Crippen molar-refractivity contribution < 1.29 is 13.2 Å². The summed E-state index contributed by atoms with van der Waals surface area (Å²) < 4.78 is 27.6. The molecule has 142 valence electrons. The minimum atomic E-state index is -3.66. The fourth-order valence-electron chi connectivity index (χ4n) is 3.42. The summed E-state index contributed by atoms with van der Waals surface area (Å²) in [6.45, 7) is 5.08. The molecule has 0 radical (unpaired) electrons. The Kier molecular flexibility index (Phi) is 5.65. The van der Waals surface area contributed by atoms with E-state index in [0.29, 0.717) is 35.5 Å². The van der Waals surface area contributed by atoms with Crippen LogP contribution in [-0.4, -0.2) is 31.7 Å². The molecule has 1 aromatic carbocycles. The second kappa shape index (κ2) is 7.80. The van der Waals surface area contributed by atoms with Crippen LogP contribution in [0.5, 0.6) is 0 Å². The summed E-state index contributed by atoms with van der Waals surface area (Å²) in [4.78, 5) is 12.6. The lowest BCUT2D eigenvalue weighted by atomic mass is 9.94. The van der Waals surface area contributed by atoms with Gasteiger partial charge in [-0.1, -0.05) is 19.9 Å². The second-order valence-corrected chi connectivity index (χ2v) is 9.88. The highest BCUT2D eigenvalue weighted by Crippen LogP contribution is 2.27. The van der Waals surface area contributed by atoms with E-state index in [1.165, 1.54) is 27.8 Å². The van der Waals surface area contributed by atoms with Crippen LogP contribution in [0.4, 0.5) is 5.00 Å². The van der Waals surface area contributed by atoms with Crippen LogP contribution in [0.1, 0.15) is 36.2 Å². The zero-order valence-electron chi connectivity index (χ0n) is 15.2. The van der Waals surface area contributed by atoms with Crippen LogP contribution in [0, 0.1) is 23.2 Å². The first-order chi connectivity index (χ1) is 12.8. The van der Waals surface area contributed by atoms with Gasteiger partial charge in [-0.25, -0.2) is 8.42 Å². The molecule has 0 bridgehead atoms. The number of sulfonamides is 1. The highest BCUT2D eigenvalue weighted by molar-refractivity contribution is 7.89. The summed E-state index contributed by atoms with van der Waals surface area (Å²) in [6, 6.07) is 9.68. The van der Waals surface area contributed by atoms with Crippen molar-refractivity contribution in [2.24, 2.45) is 11.8 Å². The molecule has 0 aliphatic carbocycles. The van der Waals surface area contributed by atoms with Crippen molar-refractivity contribution in [2.45, 2.75) is 25.2 Å². The standard InChI is InChI=1S/C19H21N3O3S2/c1-13-8-14(2)12-22(11-13)27(24,25)17-5-3-4-15(9-17)18(23)21-19-16(10-20)6-7-26-19/h3-7,9,13-14H,8,11-12H2,1-2H3,(H,21,23)/t13-,14+. The Morgan fingerprint density at radius 2 is 1.96 bits per heavy atom. The first-order valence-electron chi connectivity index (χ1n) is 8.70. The number of carbonyl (C=O) groups excluding carboxylic acids is 1. The number of anilines is 1. The van der Waals surface area contributed by atoms with Gasteiger partial charge in [0.1, 0.15) is 11.1 Å². The zero-order chi connectivity index (χ0) is 19.6. The molecule has 1 aliphatic heterocycles. The molecular formula is C19H21N3O3S2. The molecule has 2 aromatic rings. The predicted octanol–water partition coefficient (Wildman–Crippen LogP) is 3.54. The summed E-state index contributed by atoms with van der Waals surface area (Å²) in [7, 11) is -3.66. The van der Waals surface area contributed by atoms with E-state index in [1.54, 1.807) is 23.6 Å². The molecule has 3 rings (SSSR count). The van der Waals surface area contributed by atoms with Crippen molar-refractivity contribution in [2.75, 3.05) is 18.4 Å². The number of nitriles is 1. The Labute approximate surface area is 163 Å². The Hall–Kier alpha value is -2.21. The molecule has 0 saturated carbocycles. The molecule has 0 unspecified atom stereocenters. The first-order valence-corrected chi connectivity index (χ1v) is 11.0. The SMILES string of the molecule is C[C@@H]1C[C@H](C)CN(S(=O)(=O)c2cccc(C(=O)Nc3sccc3C#N)c2)C1. The minimum Gasteiger partial charge on any atom is -0.312 e. The Morgan fingerprint density at radius 1 is 1.26 bits per heavy atom. The number of nitrogens with zero attached hydrogens (tertiary/aromatic N) is 2. The van der Waals surface area contributed by atoms with E-state index < -0.39 is 15.9 Å². The lowest BCUT2D eigenvalue weighted by Gasteiger charge is -2.34. The average molecular weight is 404 g/mol. The van der Waals surface area contributed by atoms with Gasteiger partial charge in [0.2, 0.25) is 10.0 Å². The number of thiophene rings is 1. The molecule has 2 atom stereocenters. The molecule has 1 saturated heterocycles. The highest BCUT2D eigenvalue weighted by atomic mass is 32.2. The molecule has 6 nitrogen and oxygen atoms in total. The second-order valence-electron chi connectivity index (χ2n) is 7.03. The number of hydrogen-bond donors (Lipinski definition) is 1. The summed E-state index contributed by atoms with van der Waals surface area (Å²) in [5.41, 5.74) is 0.625. The van der Waals surface area contributed by atoms with Crippen molar-refractivity contribution in [1.29, 1.82) is 5.26 Å². The van der Waals surface area contributed by atoms with Crippen LogP contribution in [0.3, 0.4) is 0 Å². The largest absolute Gasteiger partial charge is 0.312 e. The van der Waals surface area contributed by atoms with Crippen LogP contribution in [0.15, 0.2) is 40.6 Å². The van der Waals surface area contributed by atoms with Crippen LogP contribution in [-0.2, 0) is 10.0 Å². The van der Waals surface area contributed by atoms with Gasteiger partial charge in [-0.2, -0.15) is 9.57 Å². The van der Waals surface area contributed by atoms with Crippen molar-refractivity contribution >= 4 is 32.3 Å². The van der Waals surface area contributed by atoms with Gasteiger partial charge in [-0.15, -0.1) is 11.3 Å². The maximum absolute atomic E-state index is 13.0. The normalized spacial score (nSPS) is 20.8. The van der Waals surface area contributed by atoms with Crippen LogP contribution < -0.4 is 5.32 Å². The van der Waals surface area contributed by atoms with E-state index in [9.17, 15) is 13.2 Å². The number of nitrogens with one attached hydrogen (secondary N) is 1. The van der Waals surface area contributed by atoms with Crippen LogP contribution in [0.25, 0.3) is 0 Å². The van der Waals surface area contributed by atoms with Crippen molar-refractivity contribution in [3.8, 4) is 6.07 Å². The minimum absolute atomic E-state index is 0.114. The van der Waals surface area contributed by atoms with Gasteiger partial charge in [0.05, 0.1) is 10.5 Å². The molecule has 1 aliphatic rings. The quantitative estimate of drug-likeness (QED) is 0.845. The molecule has 1 N–H and O–H groups in total. The predicted molar refractivity (Wildman–Crippen MR) is 105 cm³/mol. The lowest BCUT2D eigenvalue weighted by molar-refractivity contribution is 0.102. The number of carbonyl (C=O) groups is 1. The fraction of sp³-hybridized carbons (Fsp3) is 0.368. The highest BCUT2D eigenvalue weighted by Gasteiger charge is 2.32. The number of benzene rings is 1. The van der Waals surface area contributed by atoms with Crippen LogP contribution >= 0.6 is 11.3 Å². The third kappa shape index (κ3) is 4.21. The van der Waals surface area contributed by atoms with E-state index in [4.69, 9.17) is 5.26 Å². The summed E-state index contributed by atoms with van der Waals surface area (Å²) in [5, 5.41) is 13.9. The molecule has 2 heterocycles. The van der Waals surface area contributed by atoms with Gasteiger partial charge >= 0.3 is 0 Å². The maximum atomic E-state index is 13.0. The number of amides is 1. The summed E-state index contributed by atoms with van der Waals surface area (Å²) in [5.74, 6) is 0.169. The fourth-order valence-corrected chi connectivity index (χ4v) is 5.88. The Bertz CT molecular complexity index is 982. The summed E-state index contributed by atoms with van der Waals surface area (Å²) in [6.07, 6.45) is 1.01. The molecule has 0 spiro atoms. The number of hydrogen-bond acceptors (Lipinski definition) is 5. The van der Waals surface area contributed by atoms with Gasteiger partial charge < -0.3 is 5.32 Å². The third-order valence-electron chi connectivity index (χ3n) is 4.58. The molecule has 1 amide bonds.